The molecule has 4 N–H and O–H groups in total. The Balaban J connectivity index is -0.00000114. The summed E-state index contributed by atoms with van der Waals surface area (Å²) in [6.07, 6.45) is 31.9. The number of allylic oxidation sites excluding steroid dienone is 4. The first-order valence-corrected chi connectivity index (χ1v) is 33.8. The highest BCUT2D eigenvalue weighted by Crippen LogP contribution is 2.28. The zero-order valence-electron chi connectivity index (χ0n) is 58.8. The molecule has 16 nitrogen and oxygen atoms in total. The Morgan fingerprint density at radius 1 is 0.430 bits per heavy atom. The zero-order valence-corrected chi connectivity index (χ0v) is 58.8. The van der Waals surface area contributed by atoms with Crippen LogP contribution in [0.25, 0.3) is 55.2 Å². The Morgan fingerprint density at radius 2 is 1.06 bits per heavy atom. The van der Waals surface area contributed by atoms with Crippen LogP contribution >= 0.6 is 0 Å². The molecule has 0 saturated heterocycles. The van der Waals surface area contributed by atoms with Crippen molar-refractivity contribution in [2.75, 3.05) is 0 Å². The summed E-state index contributed by atoms with van der Waals surface area (Å²) in [6.45, 7) is 34.9. The monoisotopic (exact) mass is 1460 g/mol. The fraction of sp³-hybridized carbons (Fsp3) is 0.407. The molecule has 2 aliphatic carbocycles. The normalized spacial score (nSPS) is 13.3. The van der Waals surface area contributed by atoms with Crippen LogP contribution < -0.4 is 0 Å². The number of para-hydroxylation sites is 2. The number of hydrogen-bond donors (Lipinski definition) is 4. The van der Waals surface area contributed by atoms with Gasteiger partial charge in [0, 0.05) is 89.8 Å². The van der Waals surface area contributed by atoms with Crippen molar-refractivity contribution < 1.29 is 0 Å². The van der Waals surface area contributed by atoms with Gasteiger partial charge in [0.15, 0.2) is 0 Å². The van der Waals surface area contributed by atoms with Gasteiger partial charge in [-0.25, -0.2) is 9.97 Å². The molecule has 16 rings (SSSR count). The van der Waals surface area contributed by atoms with Crippen LogP contribution in [0.3, 0.4) is 0 Å². The van der Waals surface area contributed by atoms with E-state index >= 15 is 0 Å². The summed E-state index contributed by atoms with van der Waals surface area (Å²) < 4.78 is 4.07. The molecule has 2 unspecified atom stereocenters. The number of nitrogens with zero attached hydrogens (tertiary/aromatic N) is 12. The minimum Gasteiger partial charge on any atom is -0.361 e. The number of hydrogen-bond acceptors (Lipinski definition) is 10. The molecule has 0 radical (unpaired) electrons. The molecule has 16 heteroatoms. The van der Waals surface area contributed by atoms with Crippen molar-refractivity contribution in [1.82, 2.24) is 48.7 Å². The Bertz CT molecular complexity index is 4480. The highest BCUT2D eigenvalue weighted by atomic mass is 15.4. The van der Waals surface area contributed by atoms with Gasteiger partial charge in [-0.15, -0.1) is 10.2 Å². The van der Waals surface area contributed by atoms with Gasteiger partial charge in [-0.05, 0) is 182 Å². The molecule has 0 spiro atoms. The molecule has 584 valence electrons. The van der Waals surface area contributed by atoms with Gasteiger partial charge in [-0.1, -0.05) is 253 Å². The molecule has 2 aliphatic heterocycles. The van der Waals surface area contributed by atoms with Crippen molar-refractivity contribution in [2.45, 2.75) is 240 Å². The van der Waals surface area contributed by atoms with Crippen LogP contribution in [0.1, 0.15) is 262 Å². The van der Waals surface area contributed by atoms with Gasteiger partial charge in [0.25, 0.3) is 0 Å². The average Bonchev–Trinajstić information content (AvgIpc) is 1.31. The van der Waals surface area contributed by atoms with E-state index in [-0.39, 0.29) is 93.8 Å². The summed E-state index contributed by atoms with van der Waals surface area (Å²) in [5.74, 6) is 4.41. The summed E-state index contributed by atoms with van der Waals surface area (Å²) in [5, 5.41) is 25.9. The third-order valence-electron chi connectivity index (χ3n) is 16.9. The second-order valence-corrected chi connectivity index (χ2v) is 26.8. The Kier molecular flexibility index (Phi) is 45.4. The lowest BCUT2D eigenvalue weighted by Crippen LogP contribution is -2.21. The molecule has 0 saturated carbocycles. The van der Waals surface area contributed by atoms with E-state index in [1.807, 2.05) is 84.3 Å². The molecule has 12 aromatic rings. The molecule has 2 atom stereocenters. The summed E-state index contributed by atoms with van der Waals surface area (Å²) in [6, 6.07) is 38.0. The van der Waals surface area contributed by atoms with Crippen molar-refractivity contribution in [2.24, 2.45) is 42.7 Å². The predicted molar refractivity (Wildman–Crippen MR) is 474 cm³/mol. The lowest BCUT2D eigenvalue weighted by atomic mass is 9.90. The SMILES string of the molecule is C.C.C.C.C.C.C.C.C.C.C.CC(C)C1=CC2N=NN=C2C=C1.CC(C)C1=CC=CC2=NN=NC12.CC(C)c1c[nH]c2ccccc12.CC(C)c1cc2ccccc2[nH]1.CC(C)c1ccc2[nH]ccc2n1.CC(C)c1cccn2ccnc12.CC(C)c1ccn2ccnc2c1.CC(C)c1cnc2cc[nH]c2c1. The Hall–Kier alpha value is -10.2. The van der Waals surface area contributed by atoms with Crippen LogP contribution in [0.2, 0.25) is 0 Å². The van der Waals surface area contributed by atoms with E-state index in [0.717, 1.165) is 50.5 Å². The number of pyridine rings is 4. The minimum absolute atomic E-state index is 0. The number of fused-ring (bicyclic) bond motifs is 8. The van der Waals surface area contributed by atoms with E-state index in [1.165, 1.54) is 60.9 Å². The number of aromatic nitrogens is 10. The molecule has 12 heterocycles. The lowest BCUT2D eigenvalue weighted by molar-refractivity contribution is 0.709. The first kappa shape index (κ1) is 101. The van der Waals surface area contributed by atoms with Crippen LogP contribution in [0.15, 0.2) is 250 Å². The highest BCUT2D eigenvalue weighted by Gasteiger charge is 2.26. The molecule has 0 amide bonds. The molecule has 4 aliphatic rings. The minimum atomic E-state index is 0. The quantitative estimate of drug-likeness (QED) is 0.117. The maximum atomic E-state index is 4.50. The van der Waals surface area contributed by atoms with E-state index in [2.05, 4.69) is 314 Å². The maximum absolute atomic E-state index is 4.50. The first-order chi connectivity index (χ1) is 46.2. The average molecular weight is 1460 g/mol. The maximum Gasteiger partial charge on any atom is 0.140 e. The van der Waals surface area contributed by atoms with Gasteiger partial charge in [-0.3, -0.25) is 9.97 Å². The fourth-order valence-corrected chi connectivity index (χ4v) is 11.0. The van der Waals surface area contributed by atoms with Gasteiger partial charge >= 0.3 is 0 Å². The van der Waals surface area contributed by atoms with E-state index < -0.39 is 0 Å². The number of H-pyrrole nitrogens is 4. The smallest absolute Gasteiger partial charge is 0.140 e. The summed E-state index contributed by atoms with van der Waals surface area (Å²) in [7, 11) is 0. The Labute approximate surface area is 646 Å². The van der Waals surface area contributed by atoms with E-state index in [9.17, 15) is 0 Å². The number of aromatic amines is 4. The van der Waals surface area contributed by atoms with Gasteiger partial charge in [-0.2, -0.15) is 10.2 Å². The van der Waals surface area contributed by atoms with Crippen LogP contribution in [-0.2, 0) is 0 Å². The molecular weight excluding hydrogens is 1320 g/mol. The fourth-order valence-electron chi connectivity index (χ4n) is 11.0. The number of rotatable bonds is 8. The number of imidazole rings is 2. The molecule has 2 aromatic carbocycles. The third kappa shape index (κ3) is 27.0. The largest absolute Gasteiger partial charge is 0.361 e. The molecular formula is C91H140N16. The number of benzene rings is 2. The summed E-state index contributed by atoms with van der Waals surface area (Å²) in [4.78, 5) is 30.3. The molecule has 0 bridgehead atoms. The van der Waals surface area contributed by atoms with Crippen LogP contribution in [0.4, 0.5) is 0 Å². The standard InChI is InChI=1S/2C11H13N.4C10H12N2.2C9H11N3.11CH4/c1-8(2)10-7-12-11-6-4-3-5-9(10)11;1-8(2)11-7-9-5-3-4-6-10(9)12-11;1-8(2)9-3-5-12-6-4-11-10(12)7-9;1-7(2)8-5-10-9(12-6-8)3-4-11-10;1-7(2)8-3-4-9-10(12-8)5-6-11-9;1-8(2)9-4-3-6-12-7-5-11-10(9)12;1-6(2)7-3-4-8-9(5-7)11-12-10-8;1-6(2)7-4-3-5-8-9(7)11-12-10-8;;;;;;;;;;;/h2*3-8,12H,1-2H3;3-8H,1-2H3;2*3-7,11H,1-2H3;3-8H,1-2H3;2*3-6,9H,1-2H3;11*1H4. The van der Waals surface area contributed by atoms with Crippen LogP contribution in [0.5, 0.6) is 0 Å². The highest BCUT2D eigenvalue weighted by molar-refractivity contribution is 6.04. The van der Waals surface area contributed by atoms with Crippen LogP contribution in [-0.4, -0.2) is 72.2 Å². The third-order valence-corrected chi connectivity index (χ3v) is 16.9. The lowest BCUT2D eigenvalue weighted by Gasteiger charge is -2.17. The molecule has 10 aromatic heterocycles. The summed E-state index contributed by atoms with van der Waals surface area (Å²) in [5.41, 5.74) is 21.3. The van der Waals surface area contributed by atoms with Crippen molar-refractivity contribution in [3.8, 4) is 0 Å². The second kappa shape index (κ2) is 48.1. The van der Waals surface area contributed by atoms with Crippen molar-refractivity contribution in [1.29, 1.82) is 0 Å². The zero-order chi connectivity index (χ0) is 68.4. The van der Waals surface area contributed by atoms with Gasteiger partial charge in [0.05, 0.1) is 33.5 Å². The molecule has 0 fully saturated rings. The van der Waals surface area contributed by atoms with E-state index in [0.29, 0.717) is 47.3 Å². The van der Waals surface area contributed by atoms with Crippen molar-refractivity contribution in [3.05, 3.63) is 252 Å². The Morgan fingerprint density at radius 3 is 1.70 bits per heavy atom. The van der Waals surface area contributed by atoms with Crippen molar-refractivity contribution >= 4 is 66.6 Å². The van der Waals surface area contributed by atoms with Gasteiger partial charge in [0.1, 0.15) is 23.4 Å². The van der Waals surface area contributed by atoms with E-state index in [1.54, 1.807) is 0 Å². The molecule has 107 heavy (non-hydrogen) atoms. The van der Waals surface area contributed by atoms with Crippen LogP contribution in [0, 0.1) is 11.8 Å². The van der Waals surface area contributed by atoms with E-state index in [4.69, 9.17) is 0 Å². The topological polar surface area (TPSA) is 198 Å². The predicted octanol–water partition coefficient (Wildman–Crippen LogP) is 28.5. The van der Waals surface area contributed by atoms with Gasteiger partial charge < -0.3 is 28.7 Å². The summed E-state index contributed by atoms with van der Waals surface area (Å²) >= 11 is 0. The van der Waals surface area contributed by atoms with Gasteiger partial charge in [0.2, 0.25) is 0 Å². The second-order valence-electron chi connectivity index (χ2n) is 26.8. The van der Waals surface area contributed by atoms with Crippen molar-refractivity contribution in [3.63, 3.8) is 0 Å². The number of nitrogens with one attached hydrogen (secondary N) is 4. The first-order valence-electron chi connectivity index (χ1n) is 33.8.